The van der Waals surface area contributed by atoms with E-state index in [9.17, 15) is 4.79 Å². The predicted octanol–water partition coefficient (Wildman–Crippen LogP) is 1.54. The first-order valence-corrected chi connectivity index (χ1v) is 7.33. The van der Waals surface area contributed by atoms with Crippen LogP contribution in [0.5, 0.6) is 0 Å². The summed E-state index contributed by atoms with van der Waals surface area (Å²) in [6.45, 7) is 2.42. The molecule has 1 aromatic heterocycles. The molecule has 2 rings (SSSR count). The van der Waals surface area contributed by atoms with Crippen LogP contribution in [0.3, 0.4) is 0 Å². The molecule has 0 radical (unpaired) electrons. The van der Waals surface area contributed by atoms with Crippen molar-refractivity contribution in [1.29, 1.82) is 0 Å². The van der Waals surface area contributed by atoms with Gasteiger partial charge in [0.05, 0.1) is 0 Å². The summed E-state index contributed by atoms with van der Waals surface area (Å²) in [7, 11) is 0. The van der Waals surface area contributed by atoms with E-state index >= 15 is 0 Å². The van der Waals surface area contributed by atoms with E-state index < -0.39 is 0 Å². The lowest BCUT2D eigenvalue weighted by atomic mass is 10.1. The van der Waals surface area contributed by atoms with Gasteiger partial charge in [-0.2, -0.15) is 0 Å². The first kappa shape index (κ1) is 12.0. The highest BCUT2D eigenvalue weighted by Gasteiger charge is 2.28. The van der Waals surface area contributed by atoms with Gasteiger partial charge in [-0.1, -0.05) is 0 Å². The van der Waals surface area contributed by atoms with Gasteiger partial charge in [0.15, 0.2) is 0 Å². The summed E-state index contributed by atoms with van der Waals surface area (Å²) in [5, 5.41) is 4.98. The molecular formula is C11H16N2OS2. The molecule has 0 saturated carbocycles. The second kappa shape index (κ2) is 5.21. The van der Waals surface area contributed by atoms with E-state index in [0.29, 0.717) is 6.54 Å². The largest absolute Gasteiger partial charge is 0.351 e. The molecule has 3 N–H and O–H groups in total. The molecule has 0 bridgehead atoms. The Balaban J connectivity index is 2.09. The van der Waals surface area contributed by atoms with Crippen LogP contribution >= 0.6 is 23.1 Å². The minimum atomic E-state index is -0.0380. The van der Waals surface area contributed by atoms with E-state index in [4.69, 9.17) is 5.73 Å². The fourth-order valence-electron chi connectivity index (χ4n) is 1.74. The fraction of sp³-hybridized carbons (Fsp3) is 0.545. The van der Waals surface area contributed by atoms with Crippen molar-refractivity contribution in [2.24, 2.45) is 5.73 Å². The van der Waals surface area contributed by atoms with Gasteiger partial charge in [-0.3, -0.25) is 4.79 Å². The van der Waals surface area contributed by atoms with Crippen LogP contribution in [0, 0.1) is 0 Å². The third-order valence-electron chi connectivity index (χ3n) is 2.66. The number of thioether (sulfide) groups is 1. The number of rotatable bonds is 3. The van der Waals surface area contributed by atoms with Crippen molar-refractivity contribution in [3.8, 4) is 0 Å². The lowest BCUT2D eigenvalue weighted by Gasteiger charge is -2.23. The number of nitrogens with two attached hydrogens (primary N) is 1. The van der Waals surface area contributed by atoms with Gasteiger partial charge in [0.2, 0.25) is 5.91 Å². The first-order valence-electron chi connectivity index (χ1n) is 5.40. The molecule has 88 valence electrons. The van der Waals surface area contributed by atoms with Crippen LogP contribution in [-0.2, 0) is 11.2 Å². The van der Waals surface area contributed by atoms with Crippen molar-refractivity contribution < 1.29 is 4.79 Å². The van der Waals surface area contributed by atoms with Crippen LogP contribution in [-0.4, -0.2) is 24.2 Å². The molecule has 1 aliphatic rings. The van der Waals surface area contributed by atoms with E-state index in [1.165, 1.54) is 10.4 Å². The molecule has 5 heteroatoms. The number of carbonyl (C=O) groups is 1. The maximum Gasteiger partial charge on any atom is 0.237 e. The van der Waals surface area contributed by atoms with Crippen LogP contribution in [0.4, 0.5) is 0 Å². The van der Waals surface area contributed by atoms with E-state index in [2.05, 4.69) is 16.8 Å². The Kier molecular flexibility index (Phi) is 3.89. The number of amides is 1. The Morgan fingerprint density at radius 1 is 1.75 bits per heavy atom. The van der Waals surface area contributed by atoms with Crippen molar-refractivity contribution in [2.75, 3.05) is 12.3 Å². The Morgan fingerprint density at radius 2 is 2.56 bits per heavy atom. The fourth-order valence-corrected chi connectivity index (χ4v) is 4.04. The average Bonchev–Trinajstić information content (AvgIpc) is 2.76. The highest BCUT2D eigenvalue weighted by Crippen LogP contribution is 2.39. The van der Waals surface area contributed by atoms with Gasteiger partial charge in [0.25, 0.3) is 0 Å². The van der Waals surface area contributed by atoms with Crippen LogP contribution in [0.1, 0.15) is 22.6 Å². The third-order valence-corrected chi connectivity index (χ3v) is 4.89. The molecule has 0 aromatic carbocycles. The zero-order valence-corrected chi connectivity index (χ0v) is 10.9. The summed E-state index contributed by atoms with van der Waals surface area (Å²) in [6, 6.07) is 2.13. The topological polar surface area (TPSA) is 55.1 Å². The lowest BCUT2D eigenvalue weighted by molar-refractivity contribution is -0.121. The summed E-state index contributed by atoms with van der Waals surface area (Å²) in [5.41, 5.74) is 6.70. The van der Waals surface area contributed by atoms with Crippen LogP contribution in [0.2, 0.25) is 0 Å². The van der Waals surface area contributed by atoms with Crippen molar-refractivity contribution in [3.63, 3.8) is 0 Å². The van der Waals surface area contributed by atoms with Gasteiger partial charge in [0, 0.05) is 17.5 Å². The lowest BCUT2D eigenvalue weighted by Crippen LogP contribution is -2.40. The number of aryl methyl sites for hydroxylation is 1. The molecule has 16 heavy (non-hydrogen) atoms. The minimum absolute atomic E-state index is 0.0380. The monoisotopic (exact) mass is 256 g/mol. The van der Waals surface area contributed by atoms with Gasteiger partial charge in [0.1, 0.15) is 5.25 Å². The highest BCUT2D eigenvalue weighted by molar-refractivity contribution is 8.00. The summed E-state index contributed by atoms with van der Waals surface area (Å²) in [5.74, 6) is 1.13. The van der Waals surface area contributed by atoms with Gasteiger partial charge in [-0.15, -0.1) is 23.1 Å². The van der Waals surface area contributed by atoms with E-state index in [-0.39, 0.29) is 17.2 Å². The molecule has 1 unspecified atom stereocenters. The quantitative estimate of drug-likeness (QED) is 0.862. The molecule has 1 amide bonds. The first-order chi connectivity index (χ1) is 7.72. The number of thiophene rings is 1. The second-order valence-electron chi connectivity index (χ2n) is 3.95. The Hall–Kier alpha value is -0.520. The van der Waals surface area contributed by atoms with E-state index in [1.54, 1.807) is 23.1 Å². The third kappa shape index (κ3) is 2.42. The number of hydrogen-bond acceptors (Lipinski definition) is 4. The SMILES string of the molecule is C[C@@H](CN)NC(=O)C1SCCc2sccc21. The molecule has 0 saturated heterocycles. The minimum Gasteiger partial charge on any atom is -0.351 e. The standard InChI is InChI=1S/C11H16N2OS2/c1-7(6-12)13-11(14)10-8-2-4-15-9(8)3-5-16-10/h2,4,7,10H,3,5-6,12H2,1H3,(H,13,14)/t7-,10?/m0/s1. The Bertz CT molecular complexity index is 378. The Labute approximate surface area is 104 Å². The van der Waals surface area contributed by atoms with Crippen LogP contribution in [0.25, 0.3) is 0 Å². The smallest absolute Gasteiger partial charge is 0.237 e. The average molecular weight is 256 g/mol. The van der Waals surface area contributed by atoms with Gasteiger partial charge < -0.3 is 11.1 Å². The molecule has 0 fully saturated rings. The van der Waals surface area contributed by atoms with E-state index in [1.807, 2.05) is 6.92 Å². The molecule has 3 nitrogen and oxygen atoms in total. The molecular weight excluding hydrogens is 240 g/mol. The van der Waals surface area contributed by atoms with Crippen molar-refractivity contribution in [1.82, 2.24) is 5.32 Å². The summed E-state index contributed by atoms with van der Waals surface area (Å²) < 4.78 is 0. The summed E-state index contributed by atoms with van der Waals surface area (Å²) in [4.78, 5) is 13.4. The number of fused-ring (bicyclic) bond motifs is 1. The summed E-state index contributed by atoms with van der Waals surface area (Å²) >= 11 is 3.48. The molecule has 2 heterocycles. The molecule has 1 aliphatic heterocycles. The summed E-state index contributed by atoms with van der Waals surface area (Å²) in [6.07, 6.45) is 1.09. The van der Waals surface area contributed by atoms with Gasteiger partial charge in [-0.25, -0.2) is 0 Å². The number of hydrogen-bond donors (Lipinski definition) is 2. The maximum absolute atomic E-state index is 12.0. The number of nitrogens with one attached hydrogen (secondary N) is 1. The molecule has 0 spiro atoms. The molecule has 0 aliphatic carbocycles. The predicted molar refractivity (Wildman–Crippen MR) is 69.9 cm³/mol. The van der Waals surface area contributed by atoms with Crippen LogP contribution < -0.4 is 11.1 Å². The van der Waals surface area contributed by atoms with E-state index in [0.717, 1.165) is 12.2 Å². The normalized spacial score (nSPS) is 21.2. The Morgan fingerprint density at radius 3 is 3.31 bits per heavy atom. The number of carbonyl (C=O) groups excluding carboxylic acids is 1. The second-order valence-corrected chi connectivity index (χ2v) is 6.16. The zero-order valence-electron chi connectivity index (χ0n) is 9.23. The van der Waals surface area contributed by atoms with Gasteiger partial charge >= 0.3 is 0 Å². The van der Waals surface area contributed by atoms with Crippen LogP contribution in [0.15, 0.2) is 11.4 Å². The molecule has 2 atom stereocenters. The van der Waals surface area contributed by atoms with Crippen molar-refractivity contribution >= 4 is 29.0 Å². The van der Waals surface area contributed by atoms with Gasteiger partial charge in [-0.05, 0) is 36.1 Å². The highest BCUT2D eigenvalue weighted by atomic mass is 32.2. The van der Waals surface area contributed by atoms with Crippen molar-refractivity contribution in [2.45, 2.75) is 24.6 Å². The van der Waals surface area contributed by atoms with Crippen molar-refractivity contribution in [3.05, 3.63) is 21.9 Å². The molecule has 1 aromatic rings. The maximum atomic E-state index is 12.0. The zero-order chi connectivity index (χ0) is 11.5.